The molecule has 6 aromatic rings. The van der Waals surface area contributed by atoms with Crippen molar-refractivity contribution in [3.05, 3.63) is 72.9 Å². The quantitative estimate of drug-likeness (QED) is 0.233. The lowest BCUT2D eigenvalue weighted by molar-refractivity contribution is -0.116. The van der Waals surface area contributed by atoms with Crippen molar-refractivity contribution in [2.45, 2.75) is 19.8 Å². The Kier molecular flexibility index (Phi) is 6.20. The Morgan fingerprint density at radius 1 is 1.08 bits per heavy atom. The molecule has 0 unspecified atom stereocenters. The van der Waals surface area contributed by atoms with Gasteiger partial charge in [-0.2, -0.15) is 5.10 Å². The highest BCUT2D eigenvalue weighted by molar-refractivity contribution is 5.99. The van der Waals surface area contributed by atoms with Crippen LogP contribution in [0.2, 0.25) is 0 Å². The van der Waals surface area contributed by atoms with Gasteiger partial charge in [0.2, 0.25) is 5.91 Å². The Morgan fingerprint density at radius 2 is 1.97 bits per heavy atom. The molecule has 39 heavy (non-hydrogen) atoms. The number of amides is 1. The summed E-state index contributed by atoms with van der Waals surface area (Å²) in [6.45, 7) is 1.96. The number of benzene rings is 1. The monoisotopic (exact) mass is 521 g/mol. The molecule has 0 atom stereocenters. The minimum atomic E-state index is -0.386. The number of ether oxygens (including phenoxy) is 1. The van der Waals surface area contributed by atoms with Gasteiger partial charge >= 0.3 is 0 Å². The molecule has 0 aliphatic carbocycles. The van der Waals surface area contributed by atoms with Gasteiger partial charge in [-0.1, -0.05) is 6.92 Å². The number of nitrogens with zero attached hydrogens (tertiary/aromatic N) is 4. The van der Waals surface area contributed by atoms with Crippen molar-refractivity contribution in [3.63, 3.8) is 0 Å². The van der Waals surface area contributed by atoms with Crippen molar-refractivity contribution < 1.29 is 13.9 Å². The van der Waals surface area contributed by atoms with E-state index in [4.69, 9.17) is 9.72 Å². The Balaban J connectivity index is 1.40. The van der Waals surface area contributed by atoms with E-state index in [0.29, 0.717) is 51.7 Å². The lowest BCUT2D eigenvalue weighted by Gasteiger charge is -2.06. The predicted molar refractivity (Wildman–Crippen MR) is 148 cm³/mol. The first-order chi connectivity index (χ1) is 19.0. The number of rotatable bonds is 7. The van der Waals surface area contributed by atoms with Gasteiger partial charge < -0.3 is 15.0 Å². The van der Waals surface area contributed by atoms with Gasteiger partial charge in [0.1, 0.15) is 28.4 Å². The number of carbonyl (C=O) groups excluding carboxylic acids is 1. The van der Waals surface area contributed by atoms with Crippen molar-refractivity contribution in [2.75, 3.05) is 12.4 Å². The Morgan fingerprint density at radius 3 is 2.82 bits per heavy atom. The van der Waals surface area contributed by atoms with Crippen molar-refractivity contribution in [3.8, 4) is 39.5 Å². The fourth-order valence-electron chi connectivity index (χ4n) is 4.59. The lowest BCUT2D eigenvalue weighted by atomic mass is 10.0. The van der Waals surface area contributed by atoms with Crippen LogP contribution in [0.15, 0.2) is 67.1 Å². The van der Waals surface area contributed by atoms with E-state index in [1.807, 2.05) is 37.3 Å². The second kappa shape index (κ2) is 9.97. The minimum Gasteiger partial charge on any atom is -0.497 e. The molecule has 5 heterocycles. The average Bonchev–Trinajstić information content (AvgIpc) is 3.56. The van der Waals surface area contributed by atoms with E-state index in [1.54, 1.807) is 24.7 Å². The van der Waals surface area contributed by atoms with Gasteiger partial charge in [0.05, 0.1) is 35.9 Å². The molecule has 0 spiro atoms. The van der Waals surface area contributed by atoms with Gasteiger partial charge in [0, 0.05) is 35.8 Å². The number of hydrogen-bond donors (Lipinski definition) is 3. The molecule has 6 rings (SSSR count). The van der Waals surface area contributed by atoms with Crippen molar-refractivity contribution >= 4 is 33.7 Å². The van der Waals surface area contributed by atoms with E-state index in [2.05, 4.69) is 30.5 Å². The number of methoxy groups -OCH3 is 1. The molecular weight excluding hydrogens is 497 g/mol. The predicted octanol–water partition coefficient (Wildman–Crippen LogP) is 6.12. The van der Waals surface area contributed by atoms with Gasteiger partial charge in [-0.05, 0) is 60.0 Å². The van der Waals surface area contributed by atoms with Gasteiger partial charge in [0.15, 0.2) is 0 Å². The summed E-state index contributed by atoms with van der Waals surface area (Å²) in [5, 5.41) is 11.2. The van der Waals surface area contributed by atoms with Gasteiger partial charge in [0.25, 0.3) is 0 Å². The number of pyridine rings is 3. The summed E-state index contributed by atoms with van der Waals surface area (Å²) in [7, 11) is 1.51. The third-order valence-corrected chi connectivity index (χ3v) is 6.41. The fraction of sp³-hybridized carbons (Fsp3) is 0.138. The second-order valence-corrected chi connectivity index (χ2v) is 9.11. The summed E-state index contributed by atoms with van der Waals surface area (Å²) in [5.74, 6) is -0.00622. The summed E-state index contributed by atoms with van der Waals surface area (Å²) in [5.41, 5.74) is 6.93. The molecule has 0 saturated heterocycles. The molecule has 194 valence electrons. The number of anilines is 1. The fourth-order valence-corrected chi connectivity index (χ4v) is 4.59. The first kappa shape index (κ1) is 24.2. The Labute approximate surface area is 222 Å². The summed E-state index contributed by atoms with van der Waals surface area (Å²) >= 11 is 0. The SMILES string of the molecule is CCCC(=O)Nc1cncc(-c2ccc3[nH]nc(-c4cc5c(-c6cc(F)cc(OC)c6)ccnc5[nH]4)c3n2)c1. The molecule has 1 aromatic carbocycles. The van der Waals surface area contributed by atoms with Crippen molar-refractivity contribution in [2.24, 2.45) is 0 Å². The molecule has 0 saturated carbocycles. The summed E-state index contributed by atoms with van der Waals surface area (Å²) in [6, 6.07) is 14.0. The summed E-state index contributed by atoms with van der Waals surface area (Å²) in [6.07, 6.45) is 6.20. The number of halogens is 1. The van der Waals surface area contributed by atoms with E-state index in [9.17, 15) is 9.18 Å². The molecule has 0 bridgehead atoms. The largest absolute Gasteiger partial charge is 0.497 e. The Hall–Kier alpha value is -5.12. The van der Waals surface area contributed by atoms with Crippen LogP contribution in [-0.4, -0.2) is 43.2 Å². The molecule has 1 amide bonds. The average molecular weight is 522 g/mol. The highest BCUT2D eigenvalue weighted by Crippen LogP contribution is 2.35. The number of nitrogens with one attached hydrogen (secondary N) is 3. The van der Waals surface area contributed by atoms with Crippen LogP contribution < -0.4 is 10.1 Å². The number of carbonyl (C=O) groups is 1. The van der Waals surface area contributed by atoms with E-state index < -0.39 is 0 Å². The van der Waals surface area contributed by atoms with Crippen molar-refractivity contribution in [1.82, 2.24) is 30.1 Å². The maximum absolute atomic E-state index is 14.3. The van der Waals surface area contributed by atoms with E-state index >= 15 is 0 Å². The first-order valence-electron chi connectivity index (χ1n) is 12.5. The molecule has 0 radical (unpaired) electrons. The molecule has 0 aliphatic heterocycles. The standard InChI is InChI=1S/C29H24FN7O2/c1-3-4-26(38)33-19-10-17(14-31-15-19)23-5-6-24-27(34-23)28(37-36-24)25-13-22-21(7-8-32-29(22)35-25)16-9-18(30)12-20(11-16)39-2/h5-15H,3-4H2,1-2H3,(H,32,35)(H,33,38)(H,36,37). The molecular formula is C29H24FN7O2. The highest BCUT2D eigenvalue weighted by Gasteiger charge is 2.17. The number of aromatic amines is 2. The molecule has 0 fully saturated rings. The first-order valence-corrected chi connectivity index (χ1v) is 12.5. The third kappa shape index (κ3) is 4.68. The maximum Gasteiger partial charge on any atom is 0.224 e. The lowest BCUT2D eigenvalue weighted by Crippen LogP contribution is -2.10. The second-order valence-electron chi connectivity index (χ2n) is 9.11. The molecule has 3 N–H and O–H groups in total. The van der Waals surface area contributed by atoms with Crippen LogP contribution in [0.25, 0.3) is 55.8 Å². The summed E-state index contributed by atoms with van der Waals surface area (Å²) < 4.78 is 19.5. The van der Waals surface area contributed by atoms with E-state index in [-0.39, 0.29) is 11.7 Å². The van der Waals surface area contributed by atoms with Gasteiger partial charge in [-0.3, -0.25) is 14.9 Å². The molecule has 0 aliphatic rings. The van der Waals surface area contributed by atoms with Gasteiger partial charge in [-0.25, -0.2) is 14.4 Å². The number of hydrogen-bond acceptors (Lipinski definition) is 6. The van der Waals surface area contributed by atoms with Crippen LogP contribution in [0.5, 0.6) is 5.75 Å². The minimum absolute atomic E-state index is 0.0551. The third-order valence-electron chi connectivity index (χ3n) is 6.41. The molecule has 5 aromatic heterocycles. The number of aromatic nitrogens is 6. The van der Waals surface area contributed by atoms with Crippen LogP contribution in [0.4, 0.5) is 10.1 Å². The Bertz CT molecular complexity index is 1840. The van der Waals surface area contributed by atoms with E-state index in [0.717, 1.165) is 28.5 Å². The van der Waals surface area contributed by atoms with Crippen LogP contribution in [-0.2, 0) is 4.79 Å². The smallest absolute Gasteiger partial charge is 0.224 e. The number of H-pyrrole nitrogens is 2. The highest BCUT2D eigenvalue weighted by atomic mass is 19.1. The topological polar surface area (TPSA) is 121 Å². The van der Waals surface area contributed by atoms with Gasteiger partial charge in [-0.15, -0.1) is 0 Å². The van der Waals surface area contributed by atoms with Crippen LogP contribution in [0.1, 0.15) is 19.8 Å². The van der Waals surface area contributed by atoms with Crippen molar-refractivity contribution in [1.29, 1.82) is 0 Å². The normalized spacial score (nSPS) is 11.3. The summed E-state index contributed by atoms with van der Waals surface area (Å²) in [4.78, 5) is 29.0. The maximum atomic E-state index is 14.3. The molecule has 9 nitrogen and oxygen atoms in total. The zero-order valence-corrected chi connectivity index (χ0v) is 21.2. The zero-order chi connectivity index (χ0) is 26.9. The number of fused-ring (bicyclic) bond motifs is 2. The van der Waals surface area contributed by atoms with Crippen LogP contribution in [0, 0.1) is 5.82 Å². The zero-order valence-electron chi connectivity index (χ0n) is 21.2. The van der Waals surface area contributed by atoms with Crippen LogP contribution >= 0.6 is 0 Å². The van der Waals surface area contributed by atoms with E-state index in [1.165, 1.54) is 19.2 Å². The molecule has 10 heteroatoms. The van der Waals surface area contributed by atoms with Crippen LogP contribution in [0.3, 0.4) is 0 Å².